The number of halogens is 1. The van der Waals surface area contributed by atoms with Crippen molar-refractivity contribution in [2.24, 2.45) is 5.73 Å². The molecule has 2 unspecified atom stereocenters. The molecule has 3 heteroatoms. The molecule has 0 aromatic rings. The van der Waals surface area contributed by atoms with Crippen LogP contribution >= 0.6 is 11.6 Å². The summed E-state index contributed by atoms with van der Waals surface area (Å²) in [6, 6.07) is 0.346. The highest BCUT2D eigenvalue weighted by Gasteiger charge is 2.17. The highest BCUT2D eigenvalue weighted by molar-refractivity contribution is 6.20. The quantitative estimate of drug-likeness (QED) is 0.607. The van der Waals surface area contributed by atoms with Crippen LogP contribution in [0.1, 0.15) is 20.8 Å². The van der Waals surface area contributed by atoms with Crippen molar-refractivity contribution in [1.82, 2.24) is 5.32 Å². The maximum Gasteiger partial charge on any atom is 0.0476 e. The third kappa shape index (κ3) is 3.40. The van der Waals surface area contributed by atoms with Crippen molar-refractivity contribution in [2.75, 3.05) is 6.54 Å². The molecule has 0 heterocycles. The number of nitrogens with one attached hydrogen (secondary N) is 1. The molecule has 3 N–H and O–H groups in total. The van der Waals surface area contributed by atoms with Crippen LogP contribution in [0.5, 0.6) is 0 Å². The van der Waals surface area contributed by atoms with Crippen LogP contribution in [0.2, 0.25) is 0 Å². The first-order chi connectivity index (χ1) is 4.59. The summed E-state index contributed by atoms with van der Waals surface area (Å²) in [5.41, 5.74) is 5.68. The number of alkyl halides is 1. The molecule has 0 rings (SSSR count). The number of nitrogens with two attached hydrogens (primary N) is 1. The maximum absolute atomic E-state index is 5.88. The Kier molecular flexibility index (Phi) is 5.04. The highest BCUT2D eigenvalue weighted by atomic mass is 35.5. The van der Waals surface area contributed by atoms with Crippen molar-refractivity contribution in [3.63, 3.8) is 0 Å². The van der Waals surface area contributed by atoms with Gasteiger partial charge in [-0.25, -0.2) is 0 Å². The molecular weight excluding hydrogens is 148 g/mol. The largest absolute Gasteiger partial charge is 0.326 e. The van der Waals surface area contributed by atoms with Crippen molar-refractivity contribution < 1.29 is 0 Å². The number of rotatable bonds is 4. The molecule has 0 spiro atoms. The van der Waals surface area contributed by atoms with E-state index in [1.807, 2.05) is 13.8 Å². The minimum absolute atomic E-state index is 0.0972. The van der Waals surface area contributed by atoms with Gasteiger partial charge in [0.25, 0.3) is 0 Å². The molecule has 0 aliphatic carbocycles. The maximum atomic E-state index is 5.88. The zero-order valence-corrected chi connectivity index (χ0v) is 7.65. The molecule has 0 aromatic carbocycles. The topological polar surface area (TPSA) is 38.0 Å². The normalized spacial score (nSPS) is 20.1. The van der Waals surface area contributed by atoms with Crippen LogP contribution in [-0.2, 0) is 0 Å². The Morgan fingerprint density at radius 1 is 1.50 bits per heavy atom. The van der Waals surface area contributed by atoms with Gasteiger partial charge in [-0.1, -0.05) is 6.92 Å². The zero-order chi connectivity index (χ0) is 8.15. The van der Waals surface area contributed by atoms with E-state index in [-0.39, 0.29) is 17.5 Å². The Bertz CT molecular complexity index is 75.7. The van der Waals surface area contributed by atoms with E-state index >= 15 is 0 Å². The monoisotopic (exact) mass is 164 g/mol. The van der Waals surface area contributed by atoms with Crippen molar-refractivity contribution in [3.8, 4) is 0 Å². The van der Waals surface area contributed by atoms with Gasteiger partial charge >= 0.3 is 0 Å². The molecule has 0 saturated carbocycles. The fourth-order valence-corrected chi connectivity index (χ4v) is 1.32. The van der Waals surface area contributed by atoms with Crippen molar-refractivity contribution in [3.05, 3.63) is 0 Å². The fraction of sp³-hybridized carbons (Fsp3) is 1.00. The van der Waals surface area contributed by atoms with Crippen LogP contribution in [0, 0.1) is 0 Å². The van der Waals surface area contributed by atoms with Crippen molar-refractivity contribution in [1.29, 1.82) is 0 Å². The van der Waals surface area contributed by atoms with Gasteiger partial charge in [0.1, 0.15) is 0 Å². The van der Waals surface area contributed by atoms with Crippen LogP contribution in [0.3, 0.4) is 0 Å². The van der Waals surface area contributed by atoms with Crippen LogP contribution in [0.15, 0.2) is 0 Å². The zero-order valence-electron chi connectivity index (χ0n) is 6.89. The number of likely N-dealkylation sites (N-methyl/N-ethyl adjacent to an activating group) is 1. The lowest BCUT2D eigenvalue weighted by molar-refractivity contribution is 0.452. The summed E-state index contributed by atoms with van der Waals surface area (Å²) in [5, 5.41) is 3.32. The Labute approximate surface area is 68.1 Å². The van der Waals surface area contributed by atoms with E-state index in [0.717, 1.165) is 6.54 Å². The van der Waals surface area contributed by atoms with E-state index in [0.29, 0.717) is 0 Å². The Balaban J connectivity index is 3.73. The van der Waals surface area contributed by atoms with Crippen LogP contribution in [0.25, 0.3) is 0 Å². The predicted molar refractivity (Wildman–Crippen MR) is 46.4 cm³/mol. The minimum atomic E-state index is 0.0972. The Hall–Kier alpha value is 0.210. The molecular formula is C7H17ClN2. The first kappa shape index (κ1) is 10.2. The van der Waals surface area contributed by atoms with Crippen LogP contribution < -0.4 is 11.1 Å². The molecule has 0 radical (unpaired) electrons. The first-order valence-corrected chi connectivity index (χ1v) is 4.16. The van der Waals surface area contributed by atoms with Crippen molar-refractivity contribution in [2.45, 2.75) is 38.2 Å². The second-order valence-electron chi connectivity index (χ2n) is 2.62. The smallest absolute Gasteiger partial charge is 0.0476 e. The van der Waals surface area contributed by atoms with E-state index in [1.54, 1.807) is 0 Å². The summed E-state index contributed by atoms with van der Waals surface area (Å²) in [5.74, 6) is 0. The Morgan fingerprint density at radius 2 is 2.00 bits per heavy atom. The lowest BCUT2D eigenvalue weighted by atomic mass is 10.1. The molecule has 62 valence electrons. The molecule has 0 aliphatic heterocycles. The lowest BCUT2D eigenvalue weighted by Crippen LogP contribution is -2.48. The van der Waals surface area contributed by atoms with Gasteiger partial charge in [-0.2, -0.15) is 0 Å². The first-order valence-electron chi connectivity index (χ1n) is 3.72. The van der Waals surface area contributed by atoms with Gasteiger partial charge in [-0.15, -0.1) is 11.6 Å². The van der Waals surface area contributed by atoms with Gasteiger partial charge in [0.15, 0.2) is 0 Å². The summed E-state index contributed by atoms with van der Waals surface area (Å²) in [6.45, 7) is 6.89. The van der Waals surface area contributed by atoms with Gasteiger partial charge < -0.3 is 11.1 Å². The van der Waals surface area contributed by atoms with Crippen molar-refractivity contribution >= 4 is 11.6 Å². The third-order valence-electron chi connectivity index (χ3n) is 1.50. The molecule has 0 bridgehead atoms. The van der Waals surface area contributed by atoms with E-state index in [2.05, 4.69) is 12.2 Å². The molecule has 3 atom stereocenters. The van der Waals surface area contributed by atoms with E-state index < -0.39 is 0 Å². The summed E-state index contributed by atoms with van der Waals surface area (Å²) < 4.78 is 0. The molecule has 0 aliphatic rings. The average molecular weight is 165 g/mol. The molecule has 0 amide bonds. The third-order valence-corrected chi connectivity index (χ3v) is 1.77. The SMILES string of the molecule is CCN[C@H](C(C)N)C(C)Cl. The highest BCUT2D eigenvalue weighted by Crippen LogP contribution is 2.03. The lowest BCUT2D eigenvalue weighted by Gasteiger charge is -2.23. The minimum Gasteiger partial charge on any atom is -0.326 e. The van der Waals surface area contributed by atoms with E-state index in [4.69, 9.17) is 17.3 Å². The van der Waals surface area contributed by atoms with Gasteiger partial charge in [0, 0.05) is 17.5 Å². The molecule has 0 fully saturated rings. The molecule has 0 aromatic heterocycles. The van der Waals surface area contributed by atoms with E-state index in [9.17, 15) is 0 Å². The summed E-state index contributed by atoms with van der Waals surface area (Å²) in [6.07, 6.45) is 0. The molecule has 0 saturated heterocycles. The van der Waals surface area contributed by atoms with Gasteiger partial charge in [-0.3, -0.25) is 0 Å². The van der Waals surface area contributed by atoms with Crippen LogP contribution in [-0.4, -0.2) is 24.0 Å². The second-order valence-corrected chi connectivity index (χ2v) is 3.31. The number of hydrogen-bond donors (Lipinski definition) is 2. The average Bonchev–Trinajstić information content (AvgIpc) is 1.81. The molecule has 10 heavy (non-hydrogen) atoms. The Morgan fingerprint density at radius 3 is 2.10 bits per heavy atom. The van der Waals surface area contributed by atoms with Gasteiger partial charge in [0.05, 0.1) is 0 Å². The summed E-state index contributed by atoms with van der Waals surface area (Å²) >= 11 is 5.88. The van der Waals surface area contributed by atoms with Crippen LogP contribution in [0.4, 0.5) is 0 Å². The second kappa shape index (κ2) is 4.94. The fourth-order valence-electron chi connectivity index (χ4n) is 1.00. The summed E-state index contributed by atoms with van der Waals surface area (Å²) in [4.78, 5) is 0. The molecule has 2 nitrogen and oxygen atoms in total. The number of hydrogen-bond acceptors (Lipinski definition) is 2. The van der Waals surface area contributed by atoms with Gasteiger partial charge in [-0.05, 0) is 20.4 Å². The standard InChI is InChI=1S/C7H17ClN2/c1-4-10-7(5(2)8)6(3)9/h5-7,10H,4,9H2,1-3H3/t5?,6?,7-/m0/s1. The summed E-state index contributed by atoms with van der Waals surface area (Å²) in [7, 11) is 0. The van der Waals surface area contributed by atoms with Gasteiger partial charge in [0.2, 0.25) is 0 Å². The predicted octanol–water partition coefficient (Wildman–Crippen LogP) is 0.939. The van der Waals surface area contributed by atoms with E-state index in [1.165, 1.54) is 0 Å².